The Labute approximate surface area is 90.7 Å². The summed E-state index contributed by atoms with van der Waals surface area (Å²) in [6.07, 6.45) is 1.32. The first-order valence-corrected chi connectivity index (χ1v) is 4.63. The number of carboxylic acid groups (broad SMARTS) is 1. The second kappa shape index (κ2) is 3.76. The average Bonchev–Trinajstić information content (AvgIpc) is 2.76. The lowest BCUT2D eigenvalue weighted by molar-refractivity contribution is 0.0685. The highest BCUT2D eigenvalue weighted by Crippen LogP contribution is 2.10. The highest BCUT2D eigenvalue weighted by molar-refractivity contribution is 5.85. The fourth-order valence-electron chi connectivity index (χ4n) is 1.38. The van der Waals surface area contributed by atoms with E-state index in [2.05, 4.69) is 19.9 Å². The molecule has 0 saturated heterocycles. The molecule has 84 valence electrons. The van der Waals surface area contributed by atoms with Crippen LogP contribution in [-0.4, -0.2) is 30.9 Å². The molecule has 0 aliphatic carbocycles. The molecule has 0 aromatic carbocycles. The van der Waals surface area contributed by atoms with Gasteiger partial charge in [-0.2, -0.15) is 0 Å². The largest absolute Gasteiger partial charge is 0.477 e. The van der Waals surface area contributed by atoms with E-state index < -0.39 is 5.97 Å². The number of hydrogen-bond donors (Lipinski definition) is 1. The van der Waals surface area contributed by atoms with Crippen LogP contribution in [-0.2, 0) is 6.54 Å². The van der Waals surface area contributed by atoms with Crippen molar-refractivity contribution >= 4 is 5.97 Å². The predicted octanol–water partition coefficient (Wildman–Crippen LogP) is 0.629. The molecule has 2 aromatic rings. The van der Waals surface area contributed by atoms with Crippen molar-refractivity contribution in [3.63, 3.8) is 0 Å². The second-order valence-electron chi connectivity index (χ2n) is 3.38. The molecule has 2 aromatic heterocycles. The molecule has 2 heterocycles. The van der Waals surface area contributed by atoms with Gasteiger partial charge in [-0.1, -0.05) is 10.3 Å². The van der Waals surface area contributed by atoms with Gasteiger partial charge in [-0.3, -0.25) is 0 Å². The summed E-state index contributed by atoms with van der Waals surface area (Å²) in [5.74, 6) is -0.408. The van der Waals surface area contributed by atoms with Crippen molar-refractivity contribution in [3.8, 4) is 0 Å². The van der Waals surface area contributed by atoms with Crippen molar-refractivity contribution < 1.29 is 14.5 Å². The van der Waals surface area contributed by atoms with Gasteiger partial charge in [-0.15, -0.1) is 0 Å². The molecule has 0 aliphatic rings. The number of rotatable bonds is 3. The van der Waals surface area contributed by atoms with E-state index >= 15 is 0 Å². The summed E-state index contributed by atoms with van der Waals surface area (Å²) in [5, 5.41) is 16.3. The van der Waals surface area contributed by atoms with E-state index in [1.165, 1.54) is 6.20 Å². The number of imidazole rings is 1. The van der Waals surface area contributed by atoms with Gasteiger partial charge >= 0.3 is 5.97 Å². The maximum atomic E-state index is 10.9. The van der Waals surface area contributed by atoms with Gasteiger partial charge in [-0.05, 0) is 13.8 Å². The van der Waals surface area contributed by atoms with Crippen molar-refractivity contribution in [2.45, 2.75) is 20.4 Å². The summed E-state index contributed by atoms with van der Waals surface area (Å²) < 4.78 is 6.10. The summed E-state index contributed by atoms with van der Waals surface area (Å²) in [5.41, 5.74) is 1.37. The highest BCUT2D eigenvalue weighted by Gasteiger charge is 2.15. The van der Waals surface area contributed by atoms with Gasteiger partial charge in [0.15, 0.2) is 0 Å². The predicted molar refractivity (Wildman–Crippen MR) is 52.1 cm³/mol. The monoisotopic (exact) mass is 222 g/mol. The number of hydrogen-bond acceptors (Lipinski definition) is 5. The molecule has 1 N–H and O–H groups in total. The van der Waals surface area contributed by atoms with Gasteiger partial charge in [0.25, 0.3) is 0 Å². The molecular weight excluding hydrogens is 212 g/mol. The summed E-state index contributed by atoms with van der Waals surface area (Å²) in [6, 6.07) is 0. The molecule has 0 atom stereocenters. The molecule has 0 amide bonds. The Morgan fingerprint density at radius 2 is 2.25 bits per heavy atom. The fraction of sp³-hybridized carbons (Fsp3) is 0.333. The quantitative estimate of drug-likeness (QED) is 0.818. The van der Waals surface area contributed by atoms with Gasteiger partial charge in [0.05, 0.1) is 12.7 Å². The van der Waals surface area contributed by atoms with Crippen LogP contribution in [0.2, 0.25) is 0 Å². The van der Waals surface area contributed by atoms with Crippen LogP contribution in [0.15, 0.2) is 10.8 Å². The number of aryl methyl sites for hydroxylation is 2. The molecule has 0 radical (unpaired) electrons. The maximum absolute atomic E-state index is 10.9. The molecule has 7 nitrogen and oxygen atoms in total. The van der Waals surface area contributed by atoms with Crippen molar-refractivity contribution in [1.29, 1.82) is 0 Å². The Morgan fingerprint density at radius 1 is 1.50 bits per heavy atom. The zero-order valence-electron chi connectivity index (χ0n) is 8.84. The summed E-state index contributed by atoms with van der Waals surface area (Å²) >= 11 is 0. The van der Waals surface area contributed by atoms with Crippen LogP contribution in [0.5, 0.6) is 0 Å². The van der Waals surface area contributed by atoms with Crippen LogP contribution in [0.25, 0.3) is 0 Å². The Balaban J connectivity index is 2.38. The minimum absolute atomic E-state index is 0.125. The third kappa shape index (κ3) is 1.67. The lowest BCUT2D eigenvalue weighted by Gasteiger charge is -2.04. The topological polar surface area (TPSA) is 94.0 Å². The van der Waals surface area contributed by atoms with E-state index in [1.807, 2.05) is 0 Å². The van der Waals surface area contributed by atoms with Crippen molar-refractivity contribution in [1.82, 2.24) is 19.9 Å². The molecule has 2 rings (SSSR count). The third-order valence-electron chi connectivity index (χ3n) is 2.33. The molecular formula is C9H10N4O3. The number of nitrogens with zero attached hydrogens (tertiary/aromatic N) is 4. The van der Waals surface area contributed by atoms with Crippen molar-refractivity contribution in [2.24, 2.45) is 0 Å². The van der Waals surface area contributed by atoms with E-state index in [-0.39, 0.29) is 5.69 Å². The van der Waals surface area contributed by atoms with E-state index in [0.29, 0.717) is 23.8 Å². The second-order valence-corrected chi connectivity index (χ2v) is 3.38. The van der Waals surface area contributed by atoms with Crippen molar-refractivity contribution in [3.05, 3.63) is 29.1 Å². The van der Waals surface area contributed by atoms with E-state index in [0.717, 1.165) is 0 Å². The van der Waals surface area contributed by atoms with Crippen LogP contribution in [0.3, 0.4) is 0 Å². The van der Waals surface area contributed by atoms with Gasteiger partial charge in [0.2, 0.25) is 0 Å². The lowest BCUT2D eigenvalue weighted by Crippen LogP contribution is -2.11. The number of carbonyl (C=O) groups is 1. The molecule has 0 spiro atoms. The van der Waals surface area contributed by atoms with E-state index in [1.54, 1.807) is 18.4 Å². The zero-order chi connectivity index (χ0) is 11.7. The summed E-state index contributed by atoms with van der Waals surface area (Å²) in [6.45, 7) is 3.77. The maximum Gasteiger partial charge on any atom is 0.354 e. The van der Waals surface area contributed by atoms with Crippen LogP contribution >= 0.6 is 0 Å². The van der Waals surface area contributed by atoms with Gasteiger partial charge in [0.1, 0.15) is 22.9 Å². The van der Waals surface area contributed by atoms with Gasteiger partial charge in [-0.25, -0.2) is 14.4 Å². The Hall–Kier alpha value is -2.18. The number of aromatic nitrogens is 4. The van der Waals surface area contributed by atoms with Crippen molar-refractivity contribution in [2.75, 3.05) is 0 Å². The normalized spacial score (nSPS) is 10.6. The number of carboxylic acids is 1. The first-order valence-electron chi connectivity index (χ1n) is 4.63. The minimum atomic E-state index is -1.02. The first-order chi connectivity index (χ1) is 7.59. The molecule has 16 heavy (non-hydrogen) atoms. The molecule has 0 bridgehead atoms. The fourth-order valence-corrected chi connectivity index (χ4v) is 1.38. The third-order valence-corrected chi connectivity index (χ3v) is 2.33. The zero-order valence-corrected chi connectivity index (χ0v) is 8.84. The molecule has 0 fully saturated rings. The Bertz CT molecular complexity index is 529. The Kier molecular flexibility index (Phi) is 2.43. The Morgan fingerprint density at radius 3 is 2.81 bits per heavy atom. The summed E-state index contributed by atoms with van der Waals surface area (Å²) in [7, 11) is 0. The smallest absolute Gasteiger partial charge is 0.354 e. The standard InChI is InChI=1S/C9H10N4O3/c1-5-7(12-16-11-5)4-13-6(2)10-3-8(13)9(14)15/h3H,4H2,1-2H3,(H,14,15). The first kappa shape index (κ1) is 10.3. The van der Waals surface area contributed by atoms with Crippen LogP contribution < -0.4 is 0 Å². The lowest BCUT2D eigenvalue weighted by atomic mass is 10.3. The molecule has 0 aliphatic heterocycles. The molecule has 0 unspecified atom stereocenters. The summed E-state index contributed by atoms with van der Waals surface area (Å²) in [4.78, 5) is 14.9. The van der Waals surface area contributed by atoms with Crippen LogP contribution in [0.1, 0.15) is 27.7 Å². The number of aromatic carboxylic acids is 1. The minimum Gasteiger partial charge on any atom is -0.477 e. The van der Waals surface area contributed by atoms with E-state index in [9.17, 15) is 4.79 Å². The van der Waals surface area contributed by atoms with Gasteiger partial charge < -0.3 is 9.67 Å². The highest BCUT2D eigenvalue weighted by atomic mass is 16.6. The molecule has 7 heteroatoms. The van der Waals surface area contributed by atoms with E-state index in [4.69, 9.17) is 5.11 Å². The average molecular weight is 222 g/mol. The van der Waals surface area contributed by atoms with Crippen LogP contribution in [0.4, 0.5) is 0 Å². The van der Waals surface area contributed by atoms with Gasteiger partial charge in [0, 0.05) is 0 Å². The molecule has 0 saturated carbocycles. The van der Waals surface area contributed by atoms with Crippen LogP contribution in [0, 0.1) is 13.8 Å². The SMILES string of the molecule is Cc1nonc1Cn1c(C(=O)O)cnc1C.